The Morgan fingerprint density at radius 1 is 1.47 bits per heavy atom. The molecular weight excluding hydrogens is 192 g/mol. The maximum atomic E-state index is 11.0. The molecule has 4 N–H and O–H groups in total. The highest BCUT2D eigenvalue weighted by Crippen LogP contribution is 2.18. The van der Waals surface area contributed by atoms with E-state index in [0.717, 1.165) is 11.1 Å². The van der Waals surface area contributed by atoms with Gasteiger partial charge in [0.1, 0.15) is 5.82 Å². The fourth-order valence-corrected chi connectivity index (χ4v) is 1.38. The van der Waals surface area contributed by atoms with E-state index >= 15 is 0 Å². The molecule has 0 bridgehead atoms. The summed E-state index contributed by atoms with van der Waals surface area (Å²) in [5.41, 5.74) is 12.7. The molecule has 0 atom stereocenters. The zero-order valence-electron chi connectivity index (χ0n) is 7.97. The number of pyridine rings is 1. The molecule has 0 fully saturated rings. The minimum atomic E-state index is -0.572. The van der Waals surface area contributed by atoms with Crippen molar-refractivity contribution in [3.05, 3.63) is 29.5 Å². The predicted molar refractivity (Wildman–Crippen MR) is 58.5 cm³/mol. The minimum Gasteiger partial charge on any atom is -0.383 e. The van der Waals surface area contributed by atoms with E-state index in [9.17, 15) is 4.79 Å². The van der Waals surface area contributed by atoms with Gasteiger partial charge in [-0.25, -0.2) is 4.98 Å². The maximum absolute atomic E-state index is 11.0. The number of carbonyl (C=O) groups excluding carboxylic acids is 1. The second-order valence-electron chi connectivity index (χ2n) is 3.17. The Hall–Kier alpha value is -2.17. The summed E-state index contributed by atoms with van der Waals surface area (Å²) in [5, 5.41) is 0. The van der Waals surface area contributed by atoms with Gasteiger partial charge in [0.2, 0.25) is 0 Å². The first-order chi connectivity index (χ1) is 7.18. The second-order valence-corrected chi connectivity index (χ2v) is 3.17. The number of aromatic nitrogens is 1. The van der Waals surface area contributed by atoms with Crippen LogP contribution in [0.5, 0.6) is 0 Å². The first kappa shape index (κ1) is 9.39. The van der Waals surface area contributed by atoms with Crippen LogP contribution in [-0.4, -0.2) is 23.7 Å². The van der Waals surface area contributed by atoms with Crippen LogP contribution in [-0.2, 0) is 0 Å². The lowest BCUT2D eigenvalue weighted by molar-refractivity contribution is 0.100. The van der Waals surface area contributed by atoms with E-state index < -0.39 is 5.91 Å². The van der Waals surface area contributed by atoms with Gasteiger partial charge >= 0.3 is 0 Å². The number of amides is 1. The van der Waals surface area contributed by atoms with Crippen molar-refractivity contribution in [1.29, 1.82) is 0 Å². The van der Waals surface area contributed by atoms with Gasteiger partial charge in [0.05, 0.1) is 12.1 Å². The first-order valence-electron chi connectivity index (χ1n) is 4.44. The number of anilines is 1. The van der Waals surface area contributed by atoms with Crippen molar-refractivity contribution >= 4 is 23.5 Å². The van der Waals surface area contributed by atoms with Gasteiger partial charge in [-0.15, -0.1) is 0 Å². The molecule has 76 valence electrons. The molecule has 0 saturated heterocycles. The number of rotatable bonds is 2. The van der Waals surface area contributed by atoms with E-state index in [2.05, 4.69) is 9.98 Å². The van der Waals surface area contributed by atoms with E-state index in [1.807, 2.05) is 6.08 Å². The zero-order chi connectivity index (χ0) is 10.8. The largest absolute Gasteiger partial charge is 0.383 e. The summed E-state index contributed by atoms with van der Waals surface area (Å²) in [6.07, 6.45) is 5.28. The third-order valence-corrected chi connectivity index (χ3v) is 2.16. The summed E-state index contributed by atoms with van der Waals surface area (Å²) in [7, 11) is 0. The number of nitrogens with two attached hydrogens (primary N) is 2. The average molecular weight is 202 g/mol. The Morgan fingerprint density at radius 2 is 2.27 bits per heavy atom. The smallest absolute Gasteiger partial charge is 0.252 e. The first-order valence-corrected chi connectivity index (χ1v) is 4.44. The van der Waals surface area contributed by atoms with Gasteiger partial charge < -0.3 is 11.5 Å². The molecule has 0 radical (unpaired) electrons. The van der Waals surface area contributed by atoms with Crippen molar-refractivity contribution in [1.82, 2.24) is 4.98 Å². The average Bonchev–Trinajstić information content (AvgIpc) is 2.71. The predicted octanol–water partition coefficient (Wildman–Crippen LogP) is 0.231. The number of primary amides is 1. The molecule has 0 aromatic carbocycles. The van der Waals surface area contributed by atoms with Crippen LogP contribution in [0.1, 0.15) is 15.9 Å². The fraction of sp³-hybridized carbons (Fsp3) is 0.100. The molecule has 5 heteroatoms. The Morgan fingerprint density at radius 3 is 2.87 bits per heavy atom. The van der Waals surface area contributed by atoms with E-state index in [1.165, 1.54) is 0 Å². The minimum absolute atomic E-state index is 0.154. The lowest BCUT2D eigenvalue weighted by Crippen LogP contribution is -2.14. The van der Waals surface area contributed by atoms with Crippen molar-refractivity contribution in [3.8, 4) is 0 Å². The molecule has 1 aliphatic rings. The number of carbonyl (C=O) groups is 1. The molecule has 2 rings (SSSR count). The summed E-state index contributed by atoms with van der Waals surface area (Å²) < 4.78 is 0. The van der Waals surface area contributed by atoms with Gasteiger partial charge in [-0.05, 0) is 11.6 Å². The van der Waals surface area contributed by atoms with Crippen LogP contribution in [0, 0.1) is 0 Å². The zero-order valence-corrected chi connectivity index (χ0v) is 7.97. The van der Waals surface area contributed by atoms with Crippen LogP contribution < -0.4 is 11.5 Å². The summed E-state index contributed by atoms with van der Waals surface area (Å²) >= 11 is 0. The summed E-state index contributed by atoms with van der Waals surface area (Å²) in [5.74, 6) is -0.417. The second kappa shape index (κ2) is 3.53. The lowest BCUT2D eigenvalue weighted by atomic mass is 10.1. The van der Waals surface area contributed by atoms with Crippen LogP contribution in [0.4, 0.5) is 5.82 Å². The van der Waals surface area contributed by atoms with E-state index in [1.54, 1.807) is 18.5 Å². The van der Waals surface area contributed by atoms with Crippen molar-refractivity contribution < 1.29 is 4.79 Å². The molecule has 15 heavy (non-hydrogen) atoms. The highest BCUT2D eigenvalue weighted by Gasteiger charge is 2.10. The molecule has 1 amide bonds. The molecule has 1 aromatic rings. The summed E-state index contributed by atoms with van der Waals surface area (Å²) in [6.45, 7) is 0.658. The molecular formula is C10H10N4O. The van der Waals surface area contributed by atoms with Crippen LogP contribution in [0.25, 0.3) is 5.57 Å². The molecule has 0 saturated carbocycles. The molecule has 0 unspecified atom stereocenters. The van der Waals surface area contributed by atoms with Crippen molar-refractivity contribution in [2.24, 2.45) is 10.7 Å². The van der Waals surface area contributed by atoms with Gasteiger partial charge in [-0.2, -0.15) is 0 Å². The van der Waals surface area contributed by atoms with Crippen LogP contribution >= 0.6 is 0 Å². The highest BCUT2D eigenvalue weighted by atomic mass is 16.1. The van der Waals surface area contributed by atoms with Crippen molar-refractivity contribution in [2.75, 3.05) is 12.3 Å². The van der Waals surface area contributed by atoms with Gasteiger partial charge in [0, 0.05) is 18.0 Å². The van der Waals surface area contributed by atoms with Crippen molar-refractivity contribution in [2.45, 2.75) is 0 Å². The third kappa shape index (κ3) is 1.71. The Bertz CT molecular complexity index is 476. The third-order valence-electron chi connectivity index (χ3n) is 2.16. The van der Waals surface area contributed by atoms with E-state index in [-0.39, 0.29) is 11.4 Å². The lowest BCUT2D eigenvalue weighted by Gasteiger charge is -2.03. The number of hydrogen-bond acceptors (Lipinski definition) is 4. The Kier molecular flexibility index (Phi) is 2.21. The monoisotopic (exact) mass is 202 g/mol. The number of nitrogen functional groups attached to an aromatic ring is 1. The molecule has 5 nitrogen and oxygen atoms in total. The standard InChI is InChI=1S/C10H10N4O/c11-9-8(10(12)15)3-7(5-14-9)6-1-2-13-4-6/h1,3-5H,2H2,(H2,11,14)(H2,12,15). The molecule has 1 aliphatic heterocycles. The van der Waals surface area contributed by atoms with E-state index in [4.69, 9.17) is 11.5 Å². The number of hydrogen-bond donors (Lipinski definition) is 2. The number of allylic oxidation sites excluding steroid dienone is 1. The number of nitrogens with zero attached hydrogens (tertiary/aromatic N) is 2. The highest BCUT2D eigenvalue weighted by molar-refractivity contribution is 6.12. The normalized spacial score (nSPS) is 14.0. The molecule has 0 aliphatic carbocycles. The quantitative estimate of drug-likeness (QED) is 0.718. The van der Waals surface area contributed by atoms with Gasteiger partial charge in [-0.3, -0.25) is 9.79 Å². The number of aliphatic imine (C=N–C) groups is 1. The molecule has 0 spiro atoms. The molecule has 1 aromatic heterocycles. The van der Waals surface area contributed by atoms with Gasteiger partial charge in [0.15, 0.2) is 0 Å². The topological polar surface area (TPSA) is 94.4 Å². The summed E-state index contributed by atoms with van der Waals surface area (Å²) in [4.78, 5) is 19.0. The fourth-order valence-electron chi connectivity index (χ4n) is 1.38. The van der Waals surface area contributed by atoms with Gasteiger partial charge in [0.25, 0.3) is 5.91 Å². The maximum Gasteiger partial charge on any atom is 0.252 e. The van der Waals surface area contributed by atoms with Gasteiger partial charge in [-0.1, -0.05) is 6.08 Å². The molecule has 2 heterocycles. The van der Waals surface area contributed by atoms with Crippen molar-refractivity contribution in [3.63, 3.8) is 0 Å². The van der Waals surface area contributed by atoms with E-state index in [0.29, 0.717) is 6.54 Å². The van der Waals surface area contributed by atoms with Crippen LogP contribution in [0.3, 0.4) is 0 Å². The van der Waals surface area contributed by atoms with Crippen LogP contribution in [0.15, 0.2) is 23.3 Å². The Labute approximate surface area is 86.5 Å². The van der Waals surface area contributed by atoms with Crippen LogP contribution in [0.2, 0.25) is 0 Å². The SMILES string of the molecule is NC(=O)c1cc(C2=CCN=C2)cnc1N. The Balaban J connectivity index is 2.47. The summed E-state index contributed by atoms with van der Waals surface area (Å²) in [6, 6.07) is 1.63.